The SMILES string of the molecule is Cc1sc(C(N)=O)c(N)c1Br. The van der Waals surface area contributed by atoms with Crippen molar-refractivity contribution in [3.05, 3.63) is 14.2 Å². The monoisotopic (exact) mass is 234 g/mol. The number of carbonyl (C=O) groups excluding carboxylic acids is 1. The van der Waals surface area contributed by atoms with Crippen LogP contribution in [0.5, 0.6) is 0 Å². The Hall–Kier alpha value is -0.550. The van der Waals surface area contributed by atoms with Gasteiger partial charge in [0.25, 0.3) is 5.91 Å². The summed E-state index contributed by atoms with van der Waals surface area (Å²) in [6.45, 7) is 1.87. The maximum atomic E-state index is 10.7. The van der Waals surface area contributed by atoms with Gasteiger partial charge in [-0.2, -0.15) is 0 Å². The van der Waals surface area contributed by atoms with Crippen LogP contribution in [0.2, 0.25) is 0 Å². The molecular weight excluding hydrogens is 228 g/mol. The predicted molar refractivity (Wildman–Crippen MR) is 49.7 cm³/mol. The Morgan fingerprint density at radius 3 is 2.36 bits per heavy atom. The number of thiophene rings is 1. The van der Waals surface area contributed by atoms with E-state index in [2.05, 4.69) is 15.9 Å². The molecule has 0 aliphatic carbocycles. The van der Waals surface area contributed by atoms with Crippen molar-refractivity contribution in [2.24, 2.45) is 5.73 Å². The summed E-state index contributed by atoms with van der Waals surface area (Å²) in [4.78, 5) is 12.1. The van der Waals surface area contributed by atoms with Crippen LogP contribution in [0.25, 0.3) is 0 Å². The second kappa shape index (κ2) is 2.83. The summed E-state index contributed by atoms with van der Waals surface area (Å²) >= 11 is 4.55. The van der Waals surface area contributed by atoms with Crippen LogP contribution in [0.15, 0.2) is 4.47 Å². The molecule has 1 aromatic heterocycles. The molecule has 0 aliphatic heterocycles. The minimum Gasteiger partial charge on any atom is -0.396 e. The number of nitrogens with two attached hydrogens (primary N) is 2. The fraction of sp³-hybridized carbons (Fsp3) is 0.167. The molecule has 0 saturated carbocycles. The number of primary amides is 1. The van der Waals surface area contributed by atoms with Gasteiger partial charge in [-0.05, 0) is 22.9 Å². The lowest BCUT2D eigenvalue weighted by molar-refractivity contribution is 0.100. The van der Waals surface area contributed by atoms with E-state index in [4.69, 9.17) is 11.5 Å². The first-order chi connectivity index (χ1) is 5.04. The number of rotatable bonds is 1. The van der Waals surface area contributed by atoms with Gasteiger partial charge in [0.2, 0.25) is 0 Å². The Morgan fingerprint density at radius 2 is 2.18 bits per heavy atom. The molecule has 1 rings (SSSR count). The third-order valence-corrected chi connectivity index (χ3v) is 3.69. The molecule has 0 fully saturated rings. The molecule has 0 aromatic carbocycles. The molecule has 0 spiro atoms. The molecule has 4 N–H and O–H groups in total. The van der Waals surface area contributed by atoms with E-state index in [1.54, 1.807) is 0 Å². The van der Waals surface area contributed by atoms with Crippen LogP contribution in [0.1, 0.15) is 14.5 Å². The van der Waals surface area contributed by atoms with Crippen molar-refractivity contribution in [1.82, 2.24) is 0 Å². The molecule has 0 saturated heterocycles. The van der Waals surface area contributed by atoms with Gasteiger partial charge < -0.3 is 11.5 Å². The van der Waals surface area contributed by atoms with Crippen molar-refractivity contribution in [2.75, 3.05) is 5.73 Å². The Bertz CT molecular complexity index is 308. The van der Waals surface area contributed by atoms with Crippen LogP contribution in [0, 0.1) is 6.92 Å². The Labute approximate surface area is 76.5 Å². The smallest absolute Gasteiger partial charge is 0.260 e. The first kappa shape index (κ1) is 8.55. The lowest BCUT2D eigenvalue weighted by Crippen LogP contribution is -2.10. The maximum absolute atomic E-state index is 10.7. The van der Waals surface area contributed by atoms with Crippen molar-refractivity contribution >= 4 is 38.9 Å². The average Bonchev–Trinajstić information content (AvgIpc) is 2.17. The van der Waals surface area contributed by atoms with E-state index in [1.165, 1.54) is 11.3 Å². The second-order valence-corrected chi connectivity index (χ2v) is 4.10. The predicted octanol–water partition coefficient (Wildman–Crippen LogP) is 1.50. The maximum Gasteiger partial charge on any atom is 0.260 e. The van der Waals surface area contributed by atoms with Crippen LogP contribution < -0.4 is 11.5 Å². The van der Waals surface area contributed by atoms with Crippen molar-refractivity contribution < 1.29 is 4.79 Å². The van der Waals surface area contributed by atoms with Crippen LogP contribution in [-0.2, 0) is 0 Å². The van der Waals surface area contributed by atoms with Crippen molar-refractivity contribution in [3.8, 4) is 0 Å². The highest BCUT2D eigenvalue weighted by Crippen LogP contribution is 2.34. The van der Waals surface area contributed by atoms with Gasteiger partial charge in [0.05, 0.1) is 10.2 Å². The number of carbonyl (C=O) groups is 1. The zero-order chi connectivity index (χ0) is 8.59. The molecule has 1 aromatic rings. The number of anilines is 1. The molecule has 0 bridgehead atoms. The standard InChI is InChI=1S/C6H7BrN2OS/c1-2-3(7)4(8)5(11-2)6(9)10/h8H2,1H3,(H2,9,10). The lowest BCUT2D eigenvalue weighted by Gasteiger charge is -1.90. The molecule has 1 amide bonds. The molecule has 0 unspecified atom stereocenters. The van der Waals surface area contributed by atoms with E-state index in [0.717, 1.165) is 9.35 Å². The van der Waals surface area contributed by atoms with Crippen LogP contribution in [-0.4, -0.2) is 5.91 Å². The van der Waals surface area contributed by atoms with Gasteiger partial charge in [0, 0.05) is 4.88 Å². The number of hydrogen-bond acceptors (Lipinski definition) is 3. The van der Waals surface area contributed by atoms with Gasteiger partial charge in [0.15, 0.2) is 0 Å². The molecular formula is C6H7BrN2OS. The summed E-state index contributed by atoms with van der Waals surface area (Å²) in [5.41, 5.74) is 11.1. The average molecular weight is 235 g/mol. The van der Waals surface area contributed by atoms with Crippen molar-refractivity contribution in [2.45, 2.75) is 6.92 Å². The van der Waals surface area contributed by atoms with Crippen LogP contribution in [0.4, 0.5) is 5.69 Å². The molecule has 0 aliphatic rings. The van der Waals surface area contributed by atoms with E-state index < -0.39 is 5.91 Å². The quantitative estimate of drug-likeness (QED) is 0.774. The number of halogens is 1. The van der Waals surface area contributed by atoms with Crippen molar-refractivity contribution in [3.63, 3.8) is 0 Å². The van der Waals surface area contributed by atoms with Crippen molar-refractivity contribution in [1.29, 1.82) is 0 Å². The minimum atomic E-state index is -0.471. The normalized spacial score (nSPS) is 10.0. The molecule has 0 radical (unpaired) electrons. The number of hydrogen-bond donors (Lipinski definition) is 2. The zero-order valence-corrected chi connectivity index (χ0v) is 8.25. The molecule has 5 heteroatoms. The lowest BCUT2D eigenvalue weighted by atomic mass is 10.3. The first-order valence-corrected chi connectivity index (χ1v) is 4.49. The molecule has 11 heavy (non-hydrogen) atoms. The largest absolute Gasteiger partial charge is 0.396 e. The first-order valence-electron chi connectivity index (χ1n) is 2.88. The highest BCUT2D eigenvalue weighted by Gasteiger charge is 2.14. The highest BCUT2D eigenvalue weighted by molar-refractivity contribution is 9.10. The third kappa shape index (κ3) is 1.39. The summed E-state index contributed by atoms with van der Waals surface area (Å²) in [5.74, 6) is -0.471. The Balaban J connectivity index is 3.29. The number of nitrogen functional groups attached to an aromatic ring is 1. The van der Waals surface area contributed by atoms with Crippen LogP contribution >= 0.6 is 27.3 Å². The number of amides is 1. The zero-order valence-electron chi connectivity index (χ0n) is 5.85. The number of aryl methyl sites for hydroxylation is 1. The van der Waals surface area contributed by atoms with Gasteiger partial charge in [-0.25, -0.2) is 0 Å². The van der Waals surface area contributed by atoms with Crippen LogP contribution in [0.3, 0.4) is 0 Å². The summed E-state index contributed by atoms with van der Waals surface area (Å²) < 4.78 is 0.774. The Morgan fingerprint density at radius 1 is 1.64 bits per heavy atom. The molecule has 60 valence electrons. The summed E-state index contributed by atoms with van der Waals surface area (Å²) in [6.07, 6.45) is 0. The minimum absolute atomic E-state index is 0.425. The summed E-state index contributed by atoms with van der Waals surface area (Å²) in [7, 11) is 0. The summed E-state index contributed by atoms with van der Waals surface area (Å²) in [6, 6.07) is 0. The van der Waals surface area contributed by atoms with Gasteiger partial charge >= 0.3 is 0 Å². The molecule has 3 nitrogen and oxygen atoms in total. The fourth-order valence-corrected chi connectivity index (χ4v) is 2.12. The van der Waals surface area contributed by atoms with Gasteiger partial charge in [0.1, 0.15) is 4.88 Å². The van der Waals surface area contributed by atoms with E-state index >= 15 is 0 Å². The van der Waals surface area contributed by atoms with E-state index in [1.807, 2.05) is 6.92 Å². The molecule has 0 atom stereocenters. The molecule has 1 heterocycles. The van der Waals surface area contributed by atoms with E-state index in [9.17, 15) is 4.79 Å². The van der Waals surface area contributed by atoms with E-state index in [-0.39, 0.29) is 0 Å². The fourth-order valence-electron chi connectivity index (χ4n) is 0.725. The highest BCUT2D eigenvalue weighted by atomic mass is 79.9. The third-order valence-electron chi connectivity index (χ3n) is 1.27. The van der Waals surface area contributed by atoms with E-state index in [0.29, 0.717) is 10.6 Å². The summed E-state index contributed by atoms with van der Waals surface area (Å²) in [5, 5.41) is 0. The van der Waals surface area contributed by atoms with Gasteiger partial charge in [-0.3, -0.25) is 4.79 Å². The second-order valence-electron chi connectivity index (χ2n) is 2.08. The van der Waals surface area contributed by atoms with Gasteiger partial charge in [-0.1, -0.05) is 0 Å². The Kier molecular flexibility index (Phi) is 2.20. The topological polar surface area (TPSA) is 69.1 Å². The van der Waals surface area contributed by atoms with Gasteiger partial charge in [-0.15, -0.1) is 11.3 Å².